The molecular formula is C18H29NO2. The summed E-state index contributed by atoms with van der Waals surface area (Å²) in [5, 5.41) is 0. The third-order valence-electron chi connectivity index (χ3n) is 4.18. The third-order valence-corrected chi connectivity index (χ3v) is 4.18. The number of anilines is 1. The summed E-state index contributed by atoms with van der Waals surface area (Å²) in [6.45, 7) is 10.3. The molecule has 3 nitrogen and oxygen atoms in total. The van der Waals surface area contributed by atoms with E-state index >= 15 is 0 Å². The molecule has 21 heavy (non-hydrogen) atoms. The summed E-state index contributed by atoms with van der Waals surface area (Å²) in [5.41, 5.74) is 2.95. The fourth-order valence-electron chi connectivity index (χ4n) is 2.75. The Morgan fingerprint density at radius 2 is 1.67 bits per heavy atom. The van der Waals surface area contributed by atoms with Gasteiger partial charge in [-0.05, 0) is 36.0 Å². The molecular weight excluding hydrogens is 262 g/mol. The van der Waals surface area contributed by atoms with Gasteiger partial charge >= 0.3 is 0 Å². The van der Waals surface area contributed by atoms with Gasteiger partial charge in [0.1, 0.15) is 0 Å². The molecule has 2 rings (SSSR count). The minimum absolute atomic E-state index is 0.223. The van der Waals surface area contributed by atoms with E-state index in [1.807, 2.05) is 0 Å². The number of nitrogens with zero attached hydrogens (tertiary/aromatic N) is 1. The maximum Gasteiger partial charge on any atom is 0.0704 e. The minimum Gasteiger partial charge on any atom is -0.382 e. The Morgan fingerprint density at radius 3 is 2.19 bits per heavy atom. The van der Waals surface area contributed by atoms with Crippen molar-refractivity contribution < 1.29 is 9.47 Å². The Hall–Kier alpha value is -1.06. The fraction of sp³-hybridized carbons (Fsp3) is 0.667. The molecule has 0 amide bonds. The topological polar surface area (TPSA) is 21.7 Å². The lowest BCUT2D eigenvalue weighted by Crippen LogP contribution is -2.37. The maximum absolute atomic E-state index is 5.82. The van der Waals surface area contributed by atoms with Crippen molar-refractivity contribution in [2.75, 3.05) is 38.3 Å². The summed E-state index contributed by atoms with van der Waals surface area (Å²) < 4.78 is 10.8. The number of ether oxygens (including phenoxy) is 2. The molecule has 1 aliphatic rings. The minimum atomic E-state index is 0.223. The molecule has 0 aliphatic carbocycles. The van der Waals surface area contributed by atoms with Gasteiger partial charge in [0.25, 0.3) is 0 Å². The van der Waals surface area contributed by atoms with Crippen LogP contribution >= 0.6 is 0 Å². The number of rotatable bonds is 5. The average molecular weight is 291 g/mol. The summed E-state index contributed by atoms with van der Waals surface area (Å²) in [4.78, 5) is 2.46. The predicted molar refractivity (Wildman–Crippen MR) is 88.2 cm³/mol. The van der Waals surface area contributed by atoms with Crippen molar-refractivity contribution in [2.24, 2.45) is 0 Å². The summed E-state index contributed by atoms with van der Waals surface area (Å²) in [7, 11) is 1.72. The van der Waals surface area contributed by atoms with E-state index in [-0.39, 0.29) is 5.41 Å². The van der Waals surface area contributed by atoms with Gasteiger partial charge in [-0.15, -0.1) is 0 Å². The summed E-state index contributed by atoms with van der Waals surface area (Å²) in [6, 6.07) is 9.03. The summed E-state index contributed by atoms with van der Waals surface area (Å²) in [5.74, 6) is 0. The van der Waals surface area contributed by atoms with Crippen molar-refractivity contribution in [2.45, 2.75) is 45.1 Å². The van der Waals surface area contributed by atoms with E-state index in [4.69, 9.17) is 9.47 Å². The van der Waals surface area contributed by atoms with E-state index in [0.717, 1.165) is 25.9 Å². The van der Waals surface area contributed by atoms with Crippen molar-refractivity contribution in [1.82, 2.24) is 0 Å². The van der Waals surface area contributed by atoms with E-state index in [9.17, 15) is 0 Å². The van der Waals surface area contributed by atoms with Gasteiger partial charge < -0.3 is 14.4 Å². The molecule has 118 valence electrons. The Balaban J connectivity index is 1.85. The molecule has 0 atom stereocenters. The van der Waals surface area contributed by atoms with Crippen LogP contribution in [0.4, 0.5) is 5.69 Å². The van der Waals surface area contributed by atoms with Crippen LogP contribution in [0.3, 0.4) is 0 Å². The molecule has 1 saturated heterocycles. The summed E-state index contributed by atoms with van der Waals surface area (Å²) in [6.07, 6.45) is 2.60. The highest BCUT2D eigenvalue weighted by atomic mass is 16.5. The van der Waals surface area contributed by atoms with Crippen molar-refractivity contribution in [3.05, 3.63) is 29.8 Å². The SMILES string of the molecule is COCCOC1CCN(c2ccc(C(C)(C)C)cc2)CC1. The molecule has 0 saturated carbocycles. The quantitative estimate of drug-likeness (QED) is 0.774. The molecule has 0 spiro atoms. The molecule has 1 aliphatic heterocycles. The molecule has 1 aromatic rings. The Kier molecular flexibility index (Phi) is 5.65. The predicted octanol–water partition coefficient (Wildman–Crippen LogP) is 3.62. The Morgan fingerprint density at radius 1 is 1.05 bits per heavy atom. The van der Waals surface area contributed by atoms with Crippen LogP contribution in [-0.2, 0) is 14.9 Å². The Labute approximate surface area is 129 Å². The smallest absolute Gasteiger partial charge is 0.0704 e. The number of benzene rings is 1. The largest absolute Gasteiger partial charge is 0.382 e. The second-order valence-corrected chi connectivity index (χ2v) is 6.85. The lowest BCUT2D eigenvalue weighted by molar-refractivity contribution is 0.00610. The zero-order valence-corrected chi connectivity index (χ0v) is 13.9. The lowest BCUT2D eigenvalue weighted by Gasteiger charge is -2.34. The average Bonchev–Trinajstić information content (AvgIpc) is 2.48. The van der Waals surface area contributed by atoms with Gasteiger partial charge in [-0.2, -0.15) is 0 Å². The normalized spacial score (nSPS) is 17.2. The van der Waals surface area contributed by atoms with Gasteiger partial charge in [0.15, 0.2) is 0 Å². The van der Waals surface area contributed by atoms with Crippen LogP contribution in [0.1, 0.15) is 39.2 Å². The van der Waals surface area contributed by atoms with E-state index in [2.05, 4.69) is 49.9 Å². The van der Waals surface area contributed by atoms with Gasteiger partial charge in [-0.25, -0.2) is 0 Å². The fourth-order valence-corrected chi connectivity index (χ4v) is 2.75. The van der Waals surface area contributed by atoms with Crippen molar-refractivity contribution >= 4 is 5.69 Å². The van der Waals surface area contributed by atoms with Crippen molar-refractivity contribution in [3.8, 4) is 0 Å². The highest BCUT2D eigenvalue weighted by Crippen LogP contribution is 2.26. The molecule has 0 bridgehead atoms. The van der Waals surface area contributed by atoms with Gasteiger partial charge in [-0.3, -0.25) is 0 Å². The van der Waals surface area contributed by atoms with Crippen LogP contribution < -0.4 is 4.90 Å². The van der Waals surface area contributed by atoms with Gasteiger partial charge in [0.2, 0.25) is 0 Å². The van der Waals surface area contributed by atoms with Crippen molar-refractivity contribution in [1.29, 1.82) is 0 Å². The monoisotopic (exact) mass is 291 g/mol. The van der Waals surface area contributed by atoms with Crippen LogP contribution in [0.15, 0.2) is 24.3 Å². The van der Waals surface area contributed by atoms with Gasteiger partial charge in [0.05, 0.1) is 19.3 Å². The molecule has 0 aromatic heterocycles. The molecule has 1 aromatic carbocycles. The van der Waals surface area contributed by atoms with E-state index in [1.165, 1.54) is 11.3 Å². The standard InChI is InChI=1S/C18H29NO2/c1-18(2,3)15-5-7-16(8-6-15)19-11-9-17(10-12-19)21-14-13-20-4/h5-8,17H,9-14H2,1-4H3. The highest BCUT2D eigenvalue weighted by Gasteiger charge is 2.20. The second-order valence-electron chi connectivity index (χ2n) is 6.85. The van der Waals surface area contributed by atoms with Crippen LogP contribution in [-0.4, -0.2) is 39.5 Å². The lowest BCUT2D eigenvalue weighted by atomic mass is 9.87. The highest BCUT2D eigenvalue weighted by molar-refractivity contribution is 5.48. The van der Waals surface area contributed by atoms with Crippen molar-refractivity contribution in [3.63, 3.8) is 0 Å². The first-order valence-electron chi connectivity index (χ1n) is 7.97. The first kappa shape index (κ1) is 16.3. The molecule has 0 radical (unpaired) electrons. The van der Waals surface area contributed by atoms with E-state index in [1.54, 1.807) is 7.11 Å². The van der Waals surface area contributed by atoms with Gasteiger partial charge in [-0.1, -0.05) is 32.9 Å². The summed E-state index contributed by atoms with van der Waals surface area (Å²) >= 11 is 0. The number of hydrogen-bond acceptors (Lipinski definition) is 3. The molecule has 1 fully saturated rings. The second kappa shape index (κ2) is 7.28. The zero-order chi connectivity index (χ0) is 15.3. The molecule has 0 unspecified atom stereocenters. The zero-order valence-electron chi connectivity index (χ0n) is 13.9. The van der Waals surface area contributed by atoms with Crippen LogP contribution in [0.5, 0.6) is 0 Å². The maximum atomic E-state index is 5.82. The molecule has 3 heteroatoms. The van der Waals surface area contributed by atoms with E-state index in [0.29, 0.717) is 19.3 Å². The Bertz CT molecular complexity index is 414. The van der Waals surface area contributed by atoms with Crippen LogP contribution in [0, 0.1) is 0 Å². The first-order chi connectivity index (χ1) is 10.0. The van der Waals surface area contributed by atoms with E-state index < -0.39 is 0 Å². The first-order valence-corrected chi connectivity index (χ1v) is 7.97. The van der Waals surface area contributed by atoms with Crippen LogP contribution in [0.25, 0.3) is 0 Å². The number of hydrogen-bond donors (Lipinski definition) is 0. The molecule has 1 heterocycles. The number of piperidine rings is 1. The number of methoxy groups -OCH3 is 1. The van der Waals surface area contributed by atoms with Gasteiger partial charge in [0, 0.05) is 25.9 Å². The molecule has 0 N–H and O–H groups in total. The van der Waals surface area contributed by atoms with Crippen LogP contribution in [0.2, 0.25) is 0 Å². The third kappa shape index (κ3) is 4.72.